The lowest BCUT2D eigenvalue weighted by molar-refractivity contribution is 0.00578. The fourth-order valence-corrected chi connectivity index (χ4v) is 6.37. The van der Waals surface area contributed by atoms with Crippen LogP contribution >= 0.6 is 15.9 Å². The molecule has 24 heteroatoms. The van der Waals surface area contributed by atoms with Crippen molar-refractivity contribution in [3.8, 4) is 22.8 Å². The Kier molecular flexibility index (Phi) is 19.1. The molecule has 1 aliphatic heterocycles. The SMILES string of the molecule is COC(=O)c1ccc(-c2nccc(C(F)F)n2)cc1N.COC(=O)c1ccc(B2OC(C)(C)C(C)(C)O2)cc1N.COC(=O)c1ccc(Br)cc1N.Nc1cc(-c2nccc(C(F)F)n2)ccc1C(=O)O. The van der Waals surface area contributed by atoms with E-state index in [0.717, 1.165) is 22.1 Å². The average molecular weight is 1050 g/mol. The Bertz CT molecular complexity index is 2880. The number of aromatic carboxylic acids is 1. The van der Waals surface area contributed by atoms with Gasteiger partial charge in [0.25, 0.3) is 12.9 Å². The van der Waals surface area contributed by atoms with Crippen molar-refractivity contribution in [3.63, 3.8) is 0 Å². The highest BCUT2D eigenvalue weighted by molar-refractivity contribution is 9.10. The Morgan fingerprint density at radius 2 is 0.944 bits per heavy atom. The largest absolute Gasteiger partial charge is 0.494 e. The van der Waals surface area contributed by atoms with Crippen molar-refractivity contribution in [2.75, 3.05) is 44.3 Å². The molecule has 71 heavy (non-hydrogen) atoms. The number of hydrogen-bond donors (Lipinski definition) is 5. The maximum Gasteiger partial charge on any atom is 0.494 e. The number of ether oxygens (including phenoxy) is 3. The molecule has 0 radical (unpaired) electrons. The van der Waals surface area contributed by atoms with Gasteiger partial charge in [-0.2, -0.15) is 0 Å². The number of nitrogen functional groups attached to an aromatic ring is 4. The number of esters is 3. The van der Waals surface area contributed by atoms with Crippen molar-refractivity contribution in [1.29, 1.82) is 0 Å². The Hall–Kier alpha value is -7.70. The topological polar surface area (TPSA) is 290 Å². The number of alkyl halides is 4. The summed E-state index contributed by atoms with van der Waals surface area (Å²) in [6.07, 6.45) is -2.92. The predicted octanol–water partition coefficient (Wildman–Crippen LogP) is 7.98. The van der Waals surface area contributed by atoms with Crippen molar-refractivity contribution in [1.82, 2.24) is 19.9 Å². The van der Waals surface area contributed by atoms with E-state index in [1.54, 1.807) is 36.4 Å². The van der Waals surface area contributed by atoms with E-state index in [4.69, 9.17) is 37.3 Å². The third-order valence-corrected chi connectivity index (χ3v) is 11.0. The number of rotatable bonds is 9. The summed E-state index contributed by atoms with van der Waals surface area (Å²) in [6.45, 7) is 7.94. The van der Waals surface area contributed by atoms with Crippen molar-refractivity contribution >= 4 is 75.1 Å². The molecule has 0 unspecified atom stereocenters. The maximum atomic E-state index is 12.6. The highest BCUT2D eigenvalue weighted by atomic mass is 79.9. The minimum absolute atomic E-state index is 0.0241. The smallest absolute Gasteiger partial charge is 0.478 e. The van der Waals surface area contributed by atoms with E-state index >= 15 is 0 Å². The Balaban J connectivity index is 0.000000209. The van der Waals surface area contributed by atoms with Crippen LogP contribution < -0.4 is 28.4 Å². The van der Waals surface area contributed by atoms with Gasteiger partial charge in [-0.1, -0.05) is 34.1 Å². The van der Waals surface area contributed by atoms with Crippen LogP contribution in [0.1, 0.15) is 93.4 Å². The Morgan fingerprint density at radius 3 is 1.30 bits per heavy atom. The molecule has 0 saturated carbocycles. The molecule has 6 aromatic rings. The third kappa shape index (κ3) is 14.4. The first-order valence-corrected chi connectivity index (χ1v) is 21.4. The summed E-state index contributed by atoms with van der Waals surface area (Å²) < 4.78 is 76.7. The van der Waals surface area contributed by atoms with Crippen molar-refractivity contribution in [2.24, 2.45) is 0 Å². The molecular formula is C47H48BBrF4N8O10. The minimum atomic E-state index is -2.70. The van der Waals surface area contributed by atoms with Gasteiger partial charge in [-0.15, -0.1) is 0 Å². The van der Waals surface area contributed by atoms with Crippen molar-refractivity contribution < 1.29 is 65.4 Å². The highest BCUT2D eigenvalue weighted by Crippen LogP contribution is 2.37. The quantitative estimate of drug-likeness (QED) is 0.0301. The molecule has 3 heterocycles. The molecule has 0 spiro atoms. The molecule has 2 aromatic heterocycles. The average Bonchev–Trinajstić information content (AvgIpc) is 3.56. The van der Waals surface area contributed by atoms with E-state index < -0.39 is 60.7 Å². The summed E-state index contributed by atoms with van der Waals surface area (Å²) in [5, 5.41) is 8.83. The van der Waals surface area contributed by atoms with E-state index in [1.165, 1.54) is 70.1 Å². The first kappa shape index (κ1) is 55.9. The molecule has 1 aliphatic rings. The minimum Gasteiger partial charge on any atom is -0.478 e. The van der Waals surface area contributed by atoms with Crippen LogP contribution in [0.2, 0.25) is 0 Å². The Labute approximate surface area is 413 Å². The van der Waals surface area contributed by atoms with E-state index in [9.17, 15) is 36.7 Å². The van der Waals surface area contributed by atoms with Crippen LogP contribution in [0.5, 0.6) is 0 Å². The monoisotopic (exact) mass is 1050 g/mol. The van der Waals surface area contributed by atoms with Crippen LogP contribution in [-0.2, 0) is 23.5 Å². The van der Waals surface area contributed by atoms with E-state index in [-0.39, 0.29) is 39.8 Å². The van der Waals surface area contributed by atoms with Gasteiger partial charge >= 0.3 is 31.0 Å². The summed E-state index contributed by atoms with van der Waals surface area (Å²) in [5.74, 6) is -2.42. The van der Waals surface area contributed by atoms with Crippen LogP contribution in [0.3, 0.4) is 0 Å². The molecule has 0 bridgehead atoms. The molecule has 374 valence electrons. The highest BCUT2D eigenvalue weighted by Gasteiger charge is 2.51. The van der Waals surface area contributed by atoms with Gasteiger partial charge in [0.2, 0.25) is 0 Å². The first-order valence-electron chi connectivity index (χ1n) is 20.6. The number of carbonyl (C=O) groups is 4. The van der Waals surface area contributed by atoms with Gasteiger partial charge in [0.15, 0.2) is 11.6 Å². The number of nitrogens with zero attached hydrogens (tertiary/aromatic N) is 4. The van der Waals surface area contributed by atoms with Crippen molar-refractivity contribution in [3.05, 3.63) is 135 Å². The summed E-state index contributed by atoms with van der Waals surface area (Å²) in [7, 11) is 3.40. The summed E-state index contributed by atoms with van der Waals surface area (Å²) in [4.78, 5) is 59.9. The lowest BCUT2D eigenvalue weighted by Crippen LogP contribution is -2.41. The van der Waals surface area contributed by atoms with Gasteiger partial charge in [-0.25, -0.2) is 56.7 Å². The van der Waals surface area contributed by atoms with Gasteiger partial charge in [0.05, 0.1) is 54.8 Å². The number of carboxylic acids is 1. The fourth-order valence-electron chi connectivity index (χ4n) is 5.99. The van der Waals surface area contributed by atoms with Crippen LogP contribution in [0.15, 0.2) is 102 Å². The lowest BCUT2D eigenvalue weighted by atomic mass is 9.78. The lowest BCUT2D eigenvalue weighted by Gasteiger charge is -2.32. The predicted molar refractivity (Wildman–Crippen MR) is 260 cm³/mol. The molecule has 0 amide bonds. The molecule has 0 atom stereocenters. The van der Waals surface area contributed by atoms with E-state index in [0.29, 0.717) is 33.6 Å². The molecule has 4 aromatic carbocycles. The first-order chi connectivity index (χ1) is 33.3. The number of carbonyl (C=O) groups excluding carboxylic acids is 3. The zero-order chi connectivity index (χ0) is 53.0. The standard InChI is InChI=1S/C14H20BNO4.C13H11F2N3O2.C12H9F2N3O2.C8H8BrNO2/c1-13(2)14(3,4)20-15(19-13)9-6-7-10(11(16)8-9)12(17)18-5;1-20-13(19)8-3-2-7(6-9(8)16)12-17-5-4-10(18-12)11(14)15;13-10(14)9-3-4-16-11(17-9)6-1-2-7(12(18)19)8(15)5-6;1-12-8(11)6-3-2-5(9)4-7(6)10/h6-8H,16H2,1-5H3;2-6,11H,16H2,1H3;1-5,10H,15H2,(H,18,19);2-4H,10H2,1H3. The number of carboxylic acid groups (broad SMARTS) is 1. The third-order valence-electron chi connectivity index (χ3n) is 10.5. The van der Waals surface area contributed by atoms with Crippen LogP contribution in [-0.4, -0.2) is 88.6 Å². The fraction of sp³-hybridized carbons (Fsp3) is 0.234. The summed E-state index contributed by atoms with van der Waals surface area (Å²) in [5.41, 5.74) is 24.6. The number of methoxy groups -OCH3 is 3. The van der Waals surface area contributed by atoms with Gasteiger partial charge in [-0.3, -0.25) is 0 Å². The summed E-state index contributed by atoms with van der Waals surface area (Å²) >= 11 is 3.24. The zero-order valence-electron chi connectivity index (χ0n) is 39.1. The number of aromatic nitrogens is 4. The molecular weight excluding hydrogens is 1000 g/mol. The van der Waals surface area contributed by atoms with E-state index in [1.807, 2.05) is 27.7 Å². The second-order valence-electron chi connectivity index (χ2n) is 15.8. The van der Waals surface area contributed by atoms with Crippen LogP contribution in [0.4, 0.5) is 40.3 Å². The zero-order valence-corrected chi connectivity index (χ0v) is 40.7. The van der Waals surface area contributed by atoms with Gasteiger partial charge in [-0.05, 0) is 99.9 Å². The summed E-state index contributed by atoms with van der Waals surface area (Å²) in [6, 6.07) is 20.8. The molecule has 9 N–H and O–H groups in total. The molecule has 1 saturated heterocycles. The normalized spacial score (nSPS) is 13.1. The number of nitrogens with two attached hydrogens (primary N) is 4. The molecule has 18 nitrogen and oxygen atoms in total. The second-order valence-corrected chi connectivity index (χ2v) is 16.7. The van der Waals surface area contributed by atoms with Crippen LogP contribution in [0.25, 0.3) is 22.8 Å². The Morgan fingerprint density at radius 1 is 0.577 bits per heavy atom. The van der Waals surface area contributed by atoms with Crippen molar-refractivity contribution in [2.45, 2.75) is 51.7 Å². The van der Waals surface area contributed by atoms with Gasteiger partial charge in [0, 0.05) is 50.7 Å². The number of anilines is 4. The number of halogens is 5. The number of benzene rings is 4. The maximum absolute atomic E-state index is 12.6. The van der Waals surface area contributed by atoms with Crippen LogP contribution in [0, 0.1) is 0 Å². The number of hydrogen-bond acceptors (Lipinski definition) is 17. The molecule has 0 aliphatic carbocycles. The van der Waals surface area contributed by atoms with Gasteiger partial charge in [0.1, 0.15) is 11.4 Å². The molecule has 7 rings (SSSR count). The second kappa shape index (κ2) is 24.2. The van der Waals surface area contributed by atoms with E-state index in [2.05, 4.69) is 50.1 Å². The molecule has 1 fully saturated rings. The van der Waals surface area contributed by atoms with Gasteiger partial charge < -0.3 is 51.6 Å².